The van der Waals surface area contributed by atoms with Crippen molar-refractivity contribution in [1.82, 2.24) is 5.32 Å². The first kappa shape index (κ1) is 15.1. The Labute approximate surface area is 109 Å². The molecule has 0 aliphatic carbocycles. The van der Waals surface area contributed by atoms with Gasteiger partial charge in [0.2, 0.25) is 0 Å². The minimum Gasteiger partial charge on any atom is -0.352 e. The maximum atomic E-state index is 11.7. The normalized spacial score (nSPS) is 11.1. The molecule has 0 bridgehead atoms. The van der Waals surface area contributed by atoms with Gasteiger partial charge in [-0.15, -0.1) is 0 Å². The maximum absolute atomic E-state index is 11.7. The molecule has 2 N–H and O–H groups in total. The molecule has 1 aromatic carbocycles. The van der Waals surface area contributed by atoms with Crippen molar-refractivity contribution in [3.05, 3.63) is 33.9 Å². The lowest BCUT2D eigenvalue weighted by molar-refractivity contribution is -0.385. The second-order valence-electron chi connectivity index (χ2n) is 3.67. The highest BCUT2D eigenvalue weighted by Gasteiger charge is 2.23. The minimum atomic E-state index is -4.72. The van der Waals surface area contributed by atoms with Crippen LogP contribution in [0, 0.1) is 10.1 Å². The van der Waals surface area contributed by atoms with Crippen LogP contribution in [-0.2, 0) is 10.1 Å². The highest BCUT2D eigenvalue weighted by atomic mass is 32.2. The molecule has 0 atom stereocenters. The molecule has 0 saturated carbocycles. The maximum Gasteiger partial charge on any atom is 0.295 e. The van der Waals surface area contributed by atoms with E-state index < -0.39 is 31.5 Å². The van der Waals surface area contributed by atoms with Crippen molar-refractivity contribution >= 4 is 21.7 Å². The molecule has 0 aromatic heterocycles. The van der Waals surface area contributed by atoms with Crippen molar-refractivity contribution in [2.45, 2.75) is 18.2 Å². The van der Waals surface area contributed by atoms with Crippen LogP contribution in [0.15, 0.2) is 23.1 Å². The highest BCUT2D eigenvalue weighted by molar-refractivity contribution is 7.86. The van der Waals surface area contributed by atoms with Crippen LogP contribution >= 0.6 is 0 Å². The van der Waals surface area contributed by atoms with Crippen LogP contribution in [0.2, 0.25) is 0 Å². The summed E-state index contributed by atoms with van der Waals surface area (Å²) < 4.78 is 31.3. The molecule has 1 amide bonds. The Morgan fingerprint density at radius 1 is 1.47 bits per heavy atom. The molecule has 19 heavy (non-hydrogen) atoms. The molecule has 1 rings (SSSR count). The Kier molecular flexibility index (Phi) is 4.57. The fourth-order valence-corrected chi connectivity index (χ4v) is 2.07. The lowest BCUT2D eigenvalue weighted by Gasteiger charge is -2.07. The molecule has 0 aliphatic heterocycles. The van der Waals surface area contributed by atoms with Crippen molar-refractivity contribution < 1.29 is 22.7 Å². The lowest BCUT2D eigenvalue weighted by atomic mass is 10.2. The highest BCUT2D eigenvalue weighted by Crippen LogP contribution is 2.22. The molecule has 0 heterocycles. The molecule has 0 saturated heterocycles. The summed E-state index contributed by atoms with van der Waals surface area (Å²) >= 11 is 0. The smallest absolute Gasteiger partial charge is 0.295 e. The van der Waals surface area contributed by atoms with E-state index in [4.69, 9.17) is 4.55 Å². The zero-order valence-corrected chi connectivity index (χ0v) is 10.8. The number of carbonyl (C=O) groups excluding carboxylic acids is 1. The van der Waals surface area contributed by atoms with Crippen molar-refractivity contribution in [2.75, 3.05) is 6.54 Å². The Hall–Kier alpha value is -2.00. The first-order chi connectivity index (χ1) is 8.77. The summed E-state index contributed by atoms with van der Waals surface area (Å²) in [6, 6.07) is 2.64. The van der Waals surface area contributed by atoms with E-state index in [1.165, 1.54) is 0 Å². The van der Waals surface area contributed by atoms with Crippen LogP contribution < -0.4 is 5.32 Å². The lowest BCUT2D eigenvalue weighted by Crippen LogP contribution is -2.25. The van der Waals surface area contributed by atoms with Gasteiger partial charge < -0.3 is 5.32 Å². The van der Waals surface area contributed by atoms with Crippen LogP contribution in [0.5, 0.6) is 0 Å². The molecule has 0 spiro atoms. The van der Waals surface area contributed by atoms with Gasteiger partial charge in [-0.2, -0.15) is 8.42 Å². The van der Waals surface area contributed by atoms with E-state index in [0.29, 0.717) is 19.0 Å². The van der Waals surface area contributed by atoms with E-state index in [-0.39, 0.29) is 5.56 Å². The molecule has 0 fully saturated rings. The van der Waals surface area contributed by atoms with Crippen molar-refractivity contribution in [1.29, 1.82) is 0 Å². The third-order valence-corrected chi connectivity index (χ3v) is 3.13. The number of nitrogens with zero attached hydrogens (tertiary/aromatic N) is 1. The van der Waals surface area contributed by atoms with Gasteiger partial charge in [-0.05, 0) is 12.5 Å². The topological polar surface area (TPSA) is 127 Å². The van der Waals surface area contributed by atoms with Crippen LogP contribution in [0.1, 0.15) is 23.7 Å². The molecular formula is C10H12N2O6S. The number of non-ortho nitro benzene ring substituents is 1. The standard InChI is InChI=1S/C10H12N2O6S/c1-2-5-11-10(13)8-4-3-7(12(14)15)6-9(8)19(16,17)18/h3-4,6H,2,5H2,1H3,(H,11,13)(H,16,17,18). The van der Waals surface area contributed by atoms with Gasteiger partial charge in [-0.25, -0.2) is 0 Å². The van der Waals surface area contributed by atoms with Gasteiger partial charge in [0.15, 0.2) is 0 Å². The van der Waals surface area contributed by atoms with E-state index in [9.17, 15) is 23.3 Å². The summed E-state index contributed by atoms with van der Waals surface area (Å²) in [6.45, 7) is 2.13. The minimum absolute atomic E-state index is 0.320. The Morgan fingerprint density at radius 3 is 2.58 bits per heavy atom. The molecule has 9 heteroatoms. The van der Waals surface area contributed by atoms with E-state index in [1.807, 2.05) is 0 Å². The zero-order valence-electron chi connectivity index (χ0n) is 9.99. The van der Waals surface area contributed by atoms with Crippen molar-refractivity contribution in [3.63, 3.8) is 0 Å². The average molecular weight is 288 g/mol. The van der Waals surface area contributed by atoms with Crippen LogP contribution in [0.3, 0.4) is 0 Å². The SMILES string of the molecule is CCCNC(=O)c1ccc([N+](=O)[O-])cc1S(=O)(=O)O. The molecule has 8 nitrogen and oxygen atoms in total. The fourth-order valence-electron chi connectivity index (χ4n) is 1.36. The van der Waals surface area contributed by atoms with E-state index >= 15 is 0 Å². The van der Waals surface area contributed by atoms with Gasteiger partial charge in [-0.3, -0.25) is 19.5 Å². The van der Waals surface area contributed by atoms with Crippen LogP contribution in [-0.4, -0.2) is 30.3 Å². The van der Waals surface area contributed by atoms with Gasteiger partial charge in [0, 0.05) is 18.7 Å². The van der Waals surface area contributed by atoms with Gasteiger partial charge >= 0.3 is 0 Å². The van der Waals surface area contributed by atoms with Crippen LogP contribution in [0.25, 0.3) is 0 Å². The Balaban J connectivity index is 3.32. The van der Waals surface area contributed by atoms with E-state index in [1.54, 1.807) is 6.92 Å². The number of rotatable bonds is 5. The second-order valence-corrected chi connectivity index (χ2v) is 5.06. The van der Waals surface area contributed by atoms with Gasteiger partial charge in [0.1, 0.15) is 4.90 Å². The quantitative estimate of drug-likeness (QED) is 0.472. The monoisotopic (exact) mass is 288 g/mol. The van der Waals surface area contributed by atoms with E-state index in [0.717, 1.165) is 12.1 Å². The number of benzene rings is 1. The van der Waals surface area contributed by atoms with Gasteiger partial charge in [-0.1, -0.05) is 6.92 Å². The molecule has 0 unspecified atom stereocenters. The van der Waals surface area contributed by atoms with Gasteiger partial charge in [0.05, 0.1) is 10.5 Å². The van der Waals surface area contributed by atoms with E-state index in [2.05, 4.69) is 5.32 Å². The third-order valence-electron chi connectivity index (χ3n) is 2.23. The number of carbonyl (C=O) groups is 1. The first-order valence-corrected chi connectivity index (χ1v) is 6.75. The predicted molar refractivity (Wildman–Crippen MR) is 65.5 cm³/mol. The first-order valence-electron chi connectivity index (χ1n) is 5.31. The average Bonchev–Trinajstić information content (AvgIpc) is 2.34. The number of nitro benzene ring substituents is 1. The number of nitrogens with one attached hydrogen (secondary N) is 1. The Bertz CT molecular complexity index is 610. The van der Waals surface area contributed by atoms with Crippen molar-refractivity contribution in [2.24, 2.45) is 0 Å². The molecular weight excluding hydrogens is 276 g/mol. The summed E-state index contributed by atoms with van der Waals surface area (Å²) in [4.78, 5) is 20.7. The molecule has 1 aromatic rings. The zero-order chi connectivity index (χ0) is 14.6. The van der Waals surface area contributed by atoms with Gasteiger partial charge in [0.25, 0.3) is 21.7 Å². The summed E-state index contributed by atoms with van der Waals surface area (Å²) in [5.41, 5.74) is -0.860. The number of hydrogen-bond donors (Lipinski definition) is 2. The second kappa shape index (κ2) is 5.76. The summed E-state index contributed by atoms with van der Waals surface area (Å²) in [6.07, 6.45) is 0.639. The number of nitro groups is 1. The predicted octanol–water partition coefficient (Wildman–Crippen LogP) is 0.981. The molecule has 0 aliphatic rings. The summed E-state index contributed by atoms with van der Waals surface area (Å²) in [5.74, 6) is -0.718. The molecule has 104 valence electrons. The summed E-state index contributed by atoms with van der Waals surface area (Å²) in [7, 11) is -4.72. The van der Waals surface area contributed by atoms with Crippen LogP contribution in [0.4, 0.5) is 5.69 Å². The number of amides is 1. The van der Waals surface area contributed by atoms with Crippen molar-refractivity contribution in [3.8, 4) is 0 Å². The third kappa shape index (κ3) is 3.73. The fraction of sp³-hybridized carbons (Fsp3) is 0.300. The number of hydrogen-bond acceptors (Lipinski definition) is 5. The Morgan fingerprint density at radius 2 is 2.11 bits per heavy atom. The summed E-state index contributed by atoms with van der Waals surface area (Å²) in [5, 5.41) is 13.0. The largest absolute Gasteiger partial charge is 0.352 e. The molecule has 0 radical (unpaired) electrons.